The molecule has 28 heavy (non-hydrogen) atoms. The molecule has 1 heterocycles. The lowest BCUT2D eigenvalue weighted by Gasteiger charge is -2.34. The number of rotatable bonds is 10. The number of allylic oxidation sites excluding steroid dienone is 2. The summed E-state index contributed by atoms with van der Waals surface area (Å²) >= 11 is 0. The molecule has 3 rings (SSSR count). The molecule has 0 bridgehead atoms. The standard InChI is InChI=1S/C23H29NO4/c25-16-20-13-17-9-7-8-11-19(17)15-24(20)22(26)12-6-4-2-1-3-5-10-18-14-21(18)23(27)28/h5,7-11,16,18,20-21H,1-4,6,12-15H2,(H,27,28)/b10-5-/t18-,20?,21+/m1/s1. The third kappa shape index (κ3) is 5.31. The number of unbranched alkanes of at least 4 members (excludes halogenated alkanes) is 4. The Balaban J connectivity index is 1.32. The van der Waals surface area contributed by atoms with Crippen LogP contribution >= 0.6 is 0 Å². The lowest BCUT2D eigenvalue weighted by Crippen LogP contribution is -2.45. The minimum absolute atomic E-state index is 0.0694. The van der Waals surface area contributed by atoms with Crippen molar-refractivity contribution >= 4 is 18.2 Å². The lowest BCUT2D eigenvalue weighted by atomic mass is 9.94. The van der Waals surface area contributed by atoms with E-state index in [-0.39, 0.29) is 23.8 Å². The summed E-state index contributed by atoms with van der Waals surface area (Å²) in [5, 5.41) is 8.86. The minimum Gasteiger partial charge on any atom is -0.481 e. The summed E-state index contributed by atoms with van der Waals surface area (Å²) in [6.45, 7) is 0.529. The number of nitrogens with zero attached hydrogens (tertiary/aromatic N) is 1. The SMILES string of the molecule is O=CC1Cc2ccccc2CN1C(=O)CCCCCC/C=C\[C@@H]1C[C@@H]1C(=O)O. The molecular weight excluding hydrogens is 354 g/mol. The van der Waals surface area contributed by atoms with Gasteiger partial charge in [0.15, 0.2) is 0 Å². The minimum atomic E-state index is -0.687. The van der Waals surface area contributed by atoms with Crippen molar-refractivity contribution in [3.8, 4) is 0 Å². The molecule has 1 saturated carbocycles. The molecule has 1 unspecified atom stereocenters. The quantitative estimate of drug-likeness (QED) is 0.379. The Morgan fingerprint density at radius 1 is 1.11 bits per heavy atom. The highest BCUT2D eigenvalue weighted by atomic mass is 16.4. The van der Waals surface area contributed by atoms with Crippen molar-refractivity contribution in [2.24, 2.45) is 11.8 Å². The molecule has 0 aromatic heterocycles. The fraction of sp³-hybridized carbons (Fsp3) is 0.522. The number of carbonyl (C=O) groups is 3. The van der Waals surface area contributed by atoms with Gasteiger partial charge >= 0.3 is 5.97 Å². The van der Waals surface area contributed by atoms with E-state index in [1.807, 2.05) is 30.3 Å². The van der Waals surface area contributed by atoms with Gasteiger partial charge in [0, 0.05) is 19.4 Å². The molecular formula is C23H29NO4. The van der Waals surface area contributed by atoms with Crippen LogP contribution in [0.5, 0.6) is 0 Å². The van der Waals surface area contributed by atoms with Gasteiger partial charge in [-0.2, -0.15) is 0 Å². The molecule has 1 aliphatic heterocycles. The maximum atomic E-state index is 12.6. The van der Waals surface area contributed by atoms with Crippen molar-refractivity contribution in [2.75, 3.05) is 0 Å². The number of hydrogen-bond acceptors (Lipinski definition) is 3. The van der Waals surface area contributed by atoms with E-state index >= 15 is 0 Å². The number of carboxylic acids is 1. The van der Waals surface area contributed by atoms with Crippen LogP contribution in [0, 0.1) is 11.8 Å². The van der Waals surface area contributed by atoms with E-state index in [1.54, 1.807) is 4.90 Å². The summed E-state index contributed by atoms with van der Waals surface area (Å²) < 4.78 is 0. The van der Waals surface area contributed by atoms with Crippen LogP contribution in [0.4, 0.5) is 0 Å². The summed E-state index contributed by atoms with van der Waals surface area (Å²) in [4.78, 5) is 36.5. The lowest BCUT2D eigenvalue weighted by molar-refractivity contribution is -0.138. The van der Waals surface area contributed by atoms with Gasteiger partial charge in [-0.25, -0.2) is 0 Å². The van der Waals surface area contributed by atoms with Gasteiger partial charge in [0.1, 0.15) is 6.29 Å². The molecule has 1 N–H and O–H groups in total. The van der Waals surface area contributed by atoms with Gasteiger partial charge in [0.2, 0.25) is 5.91 Å². The highest BCUT2D eigenvalue weighted by Crippen LogP contribution is 2.39. The molecule has 0 saturated heterocycles. The molecule has 1 fully saturated rings. The highest BCUT2D eigenvalue weighted by Gasteiger charge is 2.40. The molecule has 5 heteroatoms. The van der Waals surface area contributed by atoms with Gasteiger partial charge in [-0.1, -0.05) is 49.3 Å². The first-order valence-corrected chi connectivity index (χ1v) is 10.3. The third-order valence-corrected chi connectivity index (χ3v) is 5.82. The average Bonchev–Trinajstić information content (AvgIpc) is 3.48. The average molecular weight is 383 g/mol. The summed E-state index contributed by atoms with van der Waals surface area (Å²) in [6, 6.07) is 7.67. The van der Waals surface area contributed by atoms with Gasteiger partial charge in [0.25, 0.3) is 0 Å². The number of amides is 1. The van der Waals surface area contributed by atoms with Crippen molar-refractivity contribution in [1.29, 1.82) is 0 Å². The fourth-order valence-corrected chi connectivity index (χ4v) is 3.96. The summed E-state index contributed by atoms with van der Waals surface area (Å²) in [5.74, 6) is -0.553. The maximum absolute atomic E-state index is 12.6. The summed E-state index contributed by atoms with van der Waals surface area (Å²) in [7, 11) is 0. The van der Waals surface area contributed by atoms with Crippen LogP contribution in [0.25, 0.3) is 0 Å². The predicted octanol–water partition coefficient (Wildman–Crippen LogP) is 3.76. The van der Waals surface area contributed by atoms with Crippen molar-refractivity contribution in [2.45, 2.75) is 64.0 Å². The number of benzene rings is 1. The maximum Gasteiger partial charge on any atom is 0.307 e. The van der Waals surface area contributed by atoms with E-state index in [2.05, 4.69) is 6.08 Å². The Kier molecular flexibility index (Phi) is 7.01. The van der Waals surface area contributed by atoms with Crippen molar-refractivity contribution in [3.05, 3.63) is 47.5 Å². The first-order valence-electron chi connectivity index (χ1n) is 10.3. The Bertz CT molecular complexity index is 742. The number of carbonyl (C=O) groups excluding carboxylic acids is 2. The molecule has 0 radical (unpaired) electrons. The van der Waals surface area contributed by atoms with Gasteiger partial charge < -0.3 is 14.8 Å². The molecule has 3 atom stereocenters. The topological polar surface area (TPSA) is 74.7 Å². The Hall–Kier alpha value is -2.43. The second kappa shape index (κ2) is 9.67. The normalized spacial score (nSPS) is 23.4. The Morgan fingerprint density at radius 2 is 1.86 bits per heavy atom. The Morgan fingerprint density at radius 3 is 2.57 bits per heavy atom. The van der Waals surface area contributed by atoms with Gasteiger partial charge in [-0.15, -0.1) is 0 Å². The van der Waals surface area contributed by atoms with Crippen LogP contribution in [-0.2, 0) is 27.3 Å². The zero-order chi connectivity index (χ0) is 19.9. The molecule has 2 aliphatic rings. The zero-order valence-electron chi connectivity index (χ0n) is 16.3. The first kappa shape index (κ1) is 20.3. The van der Waals surface area contributed by atoms with Gasteiger partial charge in [-0.3, -0.25) is 9.59 Å². The largest absolute Gasteiger partial charge is 0.481 e. The van der Waals surface area contributed by atoms with Crippen LogP contribution in [0.3, 0.4) is 0 Å². The number of fused-ring (bicyclic) bond motifs is 1. The first-order chi connectivity index (χ1) is 13.6. The molecule has 5 nitrogen and oxygen atoms in total. The molecule has 1 amide bonds. The molecule has 0 spiro atoms. The van der Waals surface area contributed by atoms with Crippen LogP contribution < -0.4 is 0 Å². The van der Waals surface area contributed by atoms with E-state index in [4.69, 9.17) is 5.11 Å². The molecule has 1 aromatic carbocycles. The van der Waals surface area contributed by atoms with E-state index in [1.165, 1.54) is 0 Å². The van der Waals surface area contributed by atoms with Gasteiger partial charge in [-0.05, 0) is 42.7 Å². The smallest absolute Gasteiger partial charge is 0.307 e. The second-order valence-corrected chi connectivity index (χ2v) is 7.92. The van der Waals surface area contributed by atoms with E-state index in [0.717, 1.165) is 55.9 Å². The Labute approximate surface area is 166 Å². The number of hydrogen-bond donors (Lipinski definition) is 1. The van der Waals surface area contributed by atoms with Gasteiger partial charge in [0.05, 0.1) is 12.0 Å². The van der Waals surface area contributed by atoms with Crippen LogP contribution in [-0.4, -0.2) is 34.2 Å². The van der Waals surface area contributed by atoms with Crippen molar-refractivity contribution < 1.29 is 19.5 Å². The van der Waals surface area contributed by atoms with E-state index in [0.29, 0.717) is 19.4 Å². The molecule has 1 aliphatic carbocycles. The molecule has 1 aromatic rings. The van der Waals surface area contributed by atoms with Crippen LogP contribution in [0.2, 0.25) is 0 Å². The third-order valence-electron chi connectivity index (χ3n) is 5.82. The van der Waals surface area contributed by atoms with Crippen LogP contribution in [0.1, 0.15) is 56.1 Å². The fourth-order valence-electron chi connectivity index (χ4n) is 3.96. The zero-order valence-corrected chi connectivity index (χ0v) is 16.3. The van der Waals surface area contributed by atoms with E-state index in [9.17, 15) is 14.4 Å². The summed E-state index contributed by atoms with van der Waals surface area (Å²) in [5.41, 5.74) is 2.30. The van der Waals surface area contributed by atoms with Crippen LogP contribution in [0.15, 0.2) is 36.4 Å². The van der Waals surface area contributed by atoms with E-state index < -0.39 is 5.97 Å². The molecule has 150 valence electrons. The predicted molar refractivity (Wildman–Crippen MR) is 107 cm³/mol. The number of aldehydes is 1. The van der Waals surface area contributed by atoms with Crippen molar-refractivity contribution in [1.82, 2.24) is 4.90 Å². The number of aliphatic carboxylic acids is 1. The highest BCUT2D eigenvalue weighted by molar-refractivity contribution is 5.80. The summed E-state index contributed by atoms with van der Waals surface area (Å²) in [6.07, 6.45) is 11.8. The number of carboxylic acid groups (broad SMARTS) is 1. The second-order valence-electron chi connectivity index (χ2n) is 7.92. The monoisotopic (exact) mass is 383 g/mol. The van der Waals surface area contributed by atoms with Crippen molar-refractivity contribution in [3.63, 3.8) is 0 Å².